The topological polar surface area (TPSA) is 99.7 Å². The van der Waals surface area contributed by atoms with Crippen molar-refractivity contribution in [1.29, 1.82) is 0 Å². The molecule has 3 heterocycles. The van der Waals surface area contributed by atoms with E-state index in [4.69, 9.17) is 16.3 Å². The molecule has 136 valence electrons. The first-order valence-electron chi connectivity index (χ1n) is 7.92. The van der Waals surface area contributed by atoms with Gasteiger partial charge in [0.1, 0.15) is 22.9 Å². The summed E-state index contributed by atoms with van der Waals surface area (Å²) in [5.74, 6) is 1.64. The third-order valence-electron chi connectivity index (χ3n) is 3.84. The molecular formula is C17H14ClN7O2. The van der Waals surface area contributed by atoms with Crippen LogP contribution in [0.5, 0.6) is 11.5 Å². The maximum atomic E-state index is 12.2. The fraction of sp³-hybridized carbons (Fsp3) is 0.118. The Labute approximate surface area is 158 Å². The molecule has 4 rings (SSSR count). The molecule has 0 saturated heterocycles. The van der Waals surface area contributed by atoms with Crippen LogP contribution in [0.1, 0.15) is 0 Å². The van der Waals surface area contributed by atoms with E-state index in [0.717, 1.165) is 4.68 Å². The molecule has 0 bridgehead atoms. The number of benzene rings is 1. The standard InChI is InChI=1S/C17H14ClN7O2/c1-24-6-5-14(23-24)22-16-11-7-10(3-4-13(11)19-9-20-16)27-15-12(18)8-21-25(2)17(15)26/h3-9H,1-2H3,(H,19,20,22,23). The minimum atomic E-state index is -0.432. The first-order valence-corrected chi connectivity index (χ1v) is 8.30. The van der Waals surface area contributed by atoms with E-state index in [1.54, 1.807) is 22.9 Å². The Kier molecular flexibility index (Phi) is 4.21. The number of nitrogens with zero attached hydrogens (tertiary/aromatic N) is 6. The third-order valence-corrected chi connectivity index (χ3v) is 4.11. The normalized spacial score (nSPS) is 10.9. The van der Waals surface area contributed by atoms with Crippen molar-refractivity contribution in [1.82, 2.24) is 29.5 Å². The van der Waals surface area contributed by atoms with Crippen molar-refractivity contribution in [3.05, 3.63) is 58.4 Å². The van der Waals surface area contributed by atoms with Crippen LogP contribution in [0.2, 0.25) is 5.02 Å². The van der Waals surface area contributed by atoms with Gasteiger partial charge in [-0.05, 0) is 18.2 Å². The molecule has 0 fully saturated rings. The summed E-state index contributed by atoms with van der Waals surface area (Å²) in [7, 11) is 3.35. The SMILES string of the molecule is Cn1ccc(Nc2ncnc3ccc(Oc4c(Cl)cnn(C)c4=O)cc23)n1. The molecule has 1 N–H and O–H groups in total. The Morgan fingerprint density at radius 2 is 2.04 bits per heavy atom. The quantitative estimate of drug-likeness (QED) is 0.578. The van der Waals surface area contributed by atoms with Gasteiger partial charge in [-0.2, -0.15) is 10.2 Å². The molecule has 0 radical (unpaired) electrons. The molecular weight excluding hydrogens is 370 g/mol. The minimum Gasteiger partial charge on any atom is -0.450 e. The van der Waals surface area contributed by atoms with Gasteiger partial charge in [-0.3, -0.25) is 9.48 Å². The predicted molar refractivity (Wildman–Crippen MR) is 101 cm³/mol. The van der Waals surface area contributed by atoms with E-state index in [1.807, 2.05) is 19.3 Å². The molecule has 10 heteroatoms. The van der Waals surface area contributed by atoms with Gasteiger partial charge in [0, 0.05) is 31.7 Å². The number of aromatic nitrogens is 6. The van der Waals surface area contributed by atoms with Crippen molar-refractivity contribution in [2.45, 2.75) is 0 Å². The average Bonchev–Trinajstić information content (AvgIpc) is 3.07. The van der Waals surface area contributed by atoms with Gasteiger partial charge in [-0.25, -0.2) is 14.6 Å². The number of ether oxygens (including phenoxy) is 1. The van der Waals surface area contributed by atoms with Crippen LogP contribution in [0.15, 0.2) is 47.8 Å². The molecule has 0 saturated carbocycles. The van der Waals surface area contributed by atoms with Crippen molar-refractivity contribution in [2.24, 2.45) is 14.1 Å². The maximum absolute atomic E-state index is 12.2. The van der Waals surface area contributed by atoms with E-state index in [1.165, 1.54) is 19.6 Å². The third kappa shape index (κ3) is 3.32. The lowest BCUT2D eigenvalue weighted by Gasteiger charge is -2.10. The van der Waals surface area contributed by atoms with E-state index in [2.05, 4.69) is 25.5 Å². The van der Waals surface area contributed by atoms with Crippen molar-refractivity contribution in [3.8, 4) is 11.5 Å². The zero-order valence-corrected chi connectivity index (χ0v) is 15.2. The number of halogens is 1. The van der Waals surface area contributed by atoms with E-state index in [-0.39, 0.29) is 10.8 Å². The van der Waals surface area contributed by atoms with Crippen LogP contribution in [0.4, 0.5) is 11.6 Å². The molecule has 0 aliphatic heterocycles. The molecule has 0 unspecified atom stereocenters. The number of nitrogens with one attached hydrogen (secondary N) is 1. The fourth-order valence-corrected chi connectivity index (χ4v) is 2.67. The molecule has 4 aromatic rings. The molecule has 0 aliphatic carbocycles. The highest BCUT2D eigenvalue weighted by molar-refractivity contribution is 6.31. The van der Waals surface area contributed by atoms with E-state index in [0.29, 0.717) is 28.3 Å². The maximum Gasteiger partial charge on any atom is 0.311 e. The van der Waals surface area contributed by atoms with Gasteiger partial charge < -0.3 is 10.1 Å². The Hall–Kier alpha value is -3.46. The molecule has 0 atom stereocenters. The zero-order chi connectivity index (χ0) is 19.0. The van der Waals surface area contributed by atoms with Crippen molar-refractivity contribution in [3.63, 3.8) is 0 Å². The van der Waals surface area contributed by atoms with Gasteiger partial charge in [0.15, 0.2) is 5.82 Å². The summed E-state index contributed by atoms with van der Waals surface area (Å²) in [4.78, 5) is 20.7. The monoisotopic (exact) mass is 383 g/mol. The second-order valence-corrected chi connectivity index (χ2v) is 6.16. The van der Waals surface area contributed by atoms with Crippen molar-refractivity contribution in [2.75, 3.05) is 5.32 Å². The van der Waals surface area contributed by atoms with Crippen molar-refractivity contribution < 1.29 is 4.74 Å². The lowest BCUT2D eigenvalue weighted by molar-refractivity contribution is 0.464. The van der Waals surface area contributed by atoms with Gasteiger partial charge in [0.2, 0.25) is 5.75 Å². The minimum absolute atomic E-state index is 0.00426. The molecule has 0 amide bonds. The van der Waals surface area contributed by atoms with Crippen LogP contribution in [-0.2, 0) is 14.1 Å². The number of hydrogen-bond donors (Lipinski definition) is 1. The summed E-state index contributed by atoms with van der Waals surface area (Å²) in [6.45, 7) is 0. The number of fused-ring (bicyclic) bond motifs is 1. The second-order valence-electron chi connectivity index (χ2n) is 5.75. The highest BCUT2D eigenvalue weighted by Gasteiger charge is 2.13. The predicted octanol–water partition coefficient (Wildman–Crippen LogP) is 2.65. The number of hydrogen-bond acceptors (Lipinski definition) is 7. The highest BCUT2D eigenvalue weighted by atomic mass is 35.5. The van der Waals surface area contributed by atoms with Gasteiger partial charge in [-0.15, -0.1) is 0 Å². The molecule has 0 spiro atoms. The van der Waals surface area contributed by atoms with Crippen LogP contribution >= 0.6 is 11.6 Å². The smallest absolute Gasteiger partial charge is 0.311 e. The Bertz CT molecular complexity index is 1200. The summed E-state index contributed by atoms with van der Waals surface area (Å²) in [6.07, 6.45) is 4.64. The summed E-state index contributed by atoms with van der Waals surface area (Å²) < 4.78 is 8.56. The lowest BCUT2D eigenvalue weighted by atomic mass is 10.2. The first kappa shape index (κ1) is 17.0. The number of anilines is 2. The largest absolute Gasteiger partial charge is 0.450 e. The van der Waals surface area contributed by atoms with Gasteiger partial charge in [-0.1, -0.05) is 11.6 Å². The number of aryl methyl sites for hydroxylation is 2. The molecule has 0 aliphatic rings. The van der Waals surface area contributed by atoms with Crippen LogP contribution in [0.3, 0.4) is 0 Å². The summed E-state index contributed by atoms with van der Waals surface area (Å²) >= 11 is 6.06. The molecule has 3 aromatic heterocycles. The van der Waals surface area contributed by atoms with Crippen LogP contribution in [0, 0.1) is 0 Å². The summed E-state index contributed by atoms with van der Waals surface area (Å²) in [5, 5.41) is 12.1. The zero-order valence-electron chi connectivity index (χ0n) is 14.4. The van der Waals surface area contributed by atoms with E-state index in [9.17, 15) is 4.79 Å². The van der Waals surface area contributed by atoms with Crippen LogP contribution < -0.4 is 15.6 Å². The van der Waals surface area contributed by atoms with Gasteiger partial charge in [0.25, 0.3) is 0 Å². The lowest BCUT2D eigenvalue weighted by Crippen LogP contribution is -2.20. The Morgan fingerprint density at radius 3 is 2.81 bits per heavy atom. The van der Waals surface area contributed by atoms with E-state index < -0.39 is 5.56 Å². The average molecular weight is 384 g/mol. The molecule has 27 heavy (non-hydrogen) atoms. The van der Waals surface area contributed by atoms with Crippen LogP contribution in [-0.4, -0.2) is 29.5 Å². The Balaban J connectivity index is 1.74. The summed E-state index contributed by atoms with van der Waals surface area (Å²) in [6, 6.07) is 7.04. The Morgan fingerprint density at radius 1 is 1.19 bits per heavy atom. The van der Waals surface area contributed by atoms with Gasteiger partial charge in [0.05, 0.1) is 11.7 Å². The highest BCUT2D eigenvalue weighted by Crippen LogP contribution is 2.30. The van der Waals surface area contributed by atoms with Crippen molar-refractivity contribution >= 4 is 34.1 Å². The summed E-state index contributed by atoms with van der Waals surface area (Å²) in [5.41, 5.74) is 0.281. The first-order chi connectivity index (χ1) is 13.0. The molecule has 9 nitrogen and oxygen atoms in total. The second kappa shape index (κ2) is 6.69. The fourth-order valence-electron chi connectivity index (χ4n) is 2.51. The van der Waals surface area contributed by atoms with Gasteiger partial charge >= 0.3 is 5.56 Å². The van der Waals surface area contributed by atoms with Crippen LogP contribution in [0.25, 0.3) is 10.9 Å². The molecule has 1 aromatic carbocycles. The number of rotatable bonds is 4. The van der Waals surface area contributed by atoms with E-state index >= 15 is 0 Å².